The van der Waals surface area contributed by atoms with Crippen molar-refractivity contribution in [3.8, 4) is 0 Å². The second-order valence-corrected chi connectivity index (χ2v) is 5.15. The summed E-state index contributed by atoms with van der Waals surface area (Å²) in [5.41, 5.74) is 0.796. The molecule has 0 aliphatic heterocycles. The van der Waals surface area contributed by atoms with Gasteiger partial charge in [0.05, 0.1) is 33.4 Å². The summed E-state index contributed by atoms with van der Waals surface area (Å²) in [4.78, 5) is 34.0. The van der Waals surface area contributed by atoms with E-state index in [0.29, 0.717) is 10.2 Å². The van der Waals surface area contributed by atoms with E-state index in [-0.39, 0.29) is 28.6 Å². The second-order valence-electron chi connectivity index (χ2n) is 4.12. The van der Waals surface area contributed by atoms with Gasteiger partial charge in [0, 0.05) is 7.05 Å². The van der Waals surface area contributed by atoms with Crippen LogP contribution in [0.25, 0.3) is 10.2 Å². The number of aromatic nitrogens is 1. The minimum atomic E-state index is -0.605. The fourth-order valence-corrected chi connectivity index (χ4v) is 3.14. The fourth-order valence-electron chi connectivity index (χ4n) is 2.05. The molecule has 0 atom stereocenters. The molecule has 0 amide bonds. The summed E-state index contributed by atoms with van der Waals surface area (Å²) in [7, 11) is 1.58. The monoisotopic (exact) mass is 296 g/mol. The van der Waals surface area contributed by atoms with E-state index in [1.165, 1.54) is 17.6 Å². The average molecular weight is 296 g/mol. The van der Waals surface area contributed by atoms with Gasteiger partial charge < -0.3 is 9.30 Å². The molecule has 7 nitrogen and oxygen atoms in total. The van der Waals surface area contributed by atoms with Crippen molar-refractivity contribution in [3.63, 3.8) is 0 Å². The largest absolute Gasteiger partial charge is 0.461 e. The Hall–Kier alpha value is -2.22. The number of hydrogen-bond acceptors (Lipinski definition) is 6. The number of hydrogen-bond donors (Lipinski definition) is 0. The van der Waals surface area contributed by atoms with Gasteiger partial charge in [-0.3, -0.25) is 14.9 Å². The Kier molecular flexibility index (Phi) is 3.58. The van der Waals surface area contributed by atoms with Crippen LogP contribution >= 0.6 is 11.3 Å². The Morgan fingerprint density at radius 2 is 2.15 bits per heavy atom. The van der Waals surface area contributed by atoms with Crippen LogP contribution in [0.15, 0.2) is 6.07 Å². The van der Waals surface area contributed by atoms with E-state index in [4.69, 9.17) is 4.74 Å². The van der Waals surface area contributed by atoms with Gasteiger partial charge in [-0.25, -0.2) is 4.79 Å². The lowest BCUT2D eigenvalue weighted by molar-refractivity contribution is -0.380. The first-order valence-electron chi connectivity index (χ1n) is 5.83. The zero-order valence-electron chi connectivity index (χ0n) is 11.1. The zero-order valence-corrected chi connectivity index (χ0v) is 11.9. The van der Waals surface area contributed by atoms with Gasteiger partial charge in [-0.2, -0.15) is 0 Å². The highest BCUT2D eigenvalue weighted by atomic mass is 32.1. The van der Waals surface area contributed by atoms with Crippen molar-refractivity contribution in [1.82, 2.24) is 4.57 Å². The van der Waals surface area contributed by atoms with Gasteiger partial charge in [0.15, 0.2) is 5.78 Å². The lowest BCUT2D eigenvalue weighted by Crippen LogP contribution is -2.13. The molecule has 0 aromatic carbocycles. The normalized spacial score (nSPS) is 10.8. The number of ketones is 1. The summed E-state index contributed by atoms with van der Waals surface area (Å²) in [5.74, 6) is -0.929. The molecule has 106 valence electrons. The molecule has 0 spiro atoms. The van der Waals surface area contributed by atoms with Crippen LogP contribution < -0.4 is 0 Å². The smallest absolute Gasteiger partial charge is 0.355 e. The van der Waals surface area contributed by atoms with Crippen LogP contribution in [0.3, 0.4) is 0 Å². The van der Waals surface area contributed by atoms with E-state index in [0.717, 1.165) is 11.3 Å². The third kappa shape index (κ3) is 2.07. The molecule has 0 bridgehead atoms. The molecule has 8 heteroatoms. The lowest BCUT2D eigenvalue weighted by atomic mass is 10.1. The van der Waals surface area contributed by atoms with Crippen molar-refractivity contribution < 1.29 is 19.2 Å². The predicted molar refractivity (Wildman–Crippen MR) is 73.4 cm³/mol. The number of Topliss-reactive ketones (excluding diaryl/α,β-unsaturated/α-hetero) is 1. The molecule has 0 radical (unpaired) electrons. The number of nitro groups is 1. The van der Waals surface area contributed by atoms with E-state index in [2.05, 4.69) is 0 Å². The standard InChI is InChI=1S/C12H12N2O5S/c1-4-19-12(16)10-9(6(2)15)11-7(13(10)3)5-8(20-11)14(17)18/h5H,4H2,1-3H3. The van der Waals surface area contributed by atoms with Gasteiger partial charge in [0.2, 0.25) is 0 Å². The molecule has 20 heavy (non-hydrogen) atoms. The maximum absolute atomic E-state index is 12.0. The summed E-state index contributed by atoms with van der Waals surface area (Å²) < 4.78 is 6.84. The van der Waals surface area contributed by atoms with Gasteiger partial charge in [0.1, 0.15) is 5.69 Å². The van der Waals surface area contributed by atoms with Crippen LogP contribution in [0.2, 0.25) is 0 Å². The molecule has 0 aliphatic rings. The summed E-state index contributed by atoms with van der Waals surface area (Å²) >= 11 is 0.882. The number of carbonyl (C=O) groups excluding carboxylic acids is 2. The Balaban J connectivity index is 2.76. The molecule has 2 aromatic heterocycles. The number of carbonyl (C=O) groups is 2. The average Bonchev–Trinajstić information content (AvgIpc) is 2.88. The van der Waals surface area contributed by atoms with Crippen LogP contribution in [0, 0.1) is 10.1 Å². The highest BCUT2D eigenvalue weighted by Gasteiger charge is 2.28. The van der Waals surface area contributed by atoms with Gasteiger partial charge >= 0.3 is 11.0 Å². The molecule has 0 aliphatic carbocycles. The number of aryl methyl sites for hydroxylation is 1. The third-order valence-corrected chi connectivity index (χ3v) is 3.95. The maximum Gasteiger partial charge on any atom is 0.355 e. The van der Waals surface area contributed by atoms with Crippen LogP contribution in [0.5, 0.6) is 0 Å². The van der Waals surface area contributed by atoms with Gasteiger partial charge in [-0.1, -0.05) is 11.3 Å². The summed E-state index contributed by atoms with van der Waals surface area (Å²) in [6.07, 6.45) is 0. The van der Waals surface area contributed by atoms with Crippen molar-refractivity contribution >= 4 is 38.3 Å². The molecule has 0 fully saturated rings. The number of ether oxygens (including phenoxy) is 1. The molecule has 0 unspecified atom stereocenters. The summed E-state index contributed by atoms with van der Waals surface area (Å²) in [6.45, 7) is 3.18. The van der Waals surface area contributed by atoms with E-state index >= 15 is 0 Å². The Morgan fingerprint density at radius 1 is 1.50 bits per heavy atom. The van der Waals surface area contributed by atoms with Crippen LogP contribution in [-0.4, -0.2) is 27.8 Å². The van der Waals surface area contributed by atoms with Crippen LogP contribution in [0.4, 0.5) is 5.00 Å². The summed E-state index contributed by atoms with van der Waals surface area (Å²) in [6, 6.07) is 1.36. The second kappa shape index (κ2) is 5.04. The Labute approximate surface area is 117 Å². The number of rotatable bonds is 4. The number of fused-ring (bicyclic) bond motifs is 1. The minimum absolute atomic E-state index is 0.0662. The topological polar surface area (TPSA) is 91.4 Å². The highest BCUT2D eigenvalue weighted by Crippen LogP contribution is 2.37. The van der Waals surface area contributed by atoms with Gasteiger partial charge in [0.25, 0.3) is 0 Å². The zero-order chi connectivity index (χ0) is 15.0. The molecule has 2 aromatic rings. The van der Waals surface area contributed by atoms with Crippen molar-refractivity contribution in [2.45, 2.75) is 13.8 Å². The molecule has 0 saturated heterocycles. The summed E-state index contributed by atoms with van der Waals surface area (Å²) in [5, 5.41) is 10.7. The van der Waals surface area contributed by atoms with Crippen molar-refractivity contribution in [1.29, 1.82) is 0 Å². The van der Waals surface area contributed by atoms with E-state index in [9.17, 15) is 19.7 Å². The fraction of sp³-hybridized carbons (Fsp3) is 0.333. The van der Waals surface area contributed by atoms with Crippen LogP contribution in [-0.2, 0) is 11.8 Å². The number of esters is 1. The van der Waals surface area contributed by atoms with Crippen LogP contribution in [0.1, 0.15) is 34.7 Å². The Bertz CT molecular complexity index is 728. The first kappa shape index (κ1) is 14.2. The third-order valence-electron chi connectivity index (χ3n) is 2.86. The molecule has 0 N–H and O–H groups in total. The molecule has 2 rings (SSSR count). The molecule has 2 heterocycles. The van der Waals surface area contributed by atoms with Gasteiger partial charge in [-0.05, 0) is 13.8 Å². The van der Waals surface area contributed by atoms with Crippen molar-refractivity contribution in [2.75, 3.05) is 6.61 Å². The SMILES string of the molecule is CCOC(=O)c1c(C(C)=O)c2sc([N+](=O)[O-])cc2n1C. The van der Waals surface area contributed by atoms with Crippen molar-refractivity contribution in [3.05, 3.63) is 27.4 Å². The lowest BCUT2D eigenvalue weighted by Gasteiger charge is -2.05. The van der Waals surface area contributed by atoms with Crippen molar-refractivity contribution in [2.24, 2.45) is 7.05 Å². The molecular weight excluding hydrogens is 284 g/mol. The minimum Gasteiger partial charge on any atom is -0.461 e. The van der Waals surface area contributed by atoms with E-state index in [1.54, 1.807) is 14.0 Å². The highest BCUT2D eigenvalue weighted by molar-refractivity contribution is 7.22. The first-order chi connectivity index (χ1) is 9.38. The first-order valence-corrected chi connectivity index (χ1v) is 6.64. The number of nitrogens with zero attached hydrogens (tertiary/aromatic N) is 2. The number of thiophene rings is 1. The van der Waals surface area contributed by atoms with E-state index < -0.39 is 10.9 Å². The quantitative estimate of drug-likeness (QED) is 0.374. The van der Waals surface area contributed by atoms with Gasteiger partial charge in [-0.15, -0.1) is 0 Å². The predicted octanol–water partition coefficient (Wildman–Crippen LogP) is 2.53. The molecule has 0 saturated carbocycles. The molecular formula is C12H12N2O5S. The van der Waals surface area contributed by atoms with E-state index in [1.807, 2.05) is 0 Å². The maximum atomic E-state index is 12.0. The Morgan fingerprint density at radius 3 is 2.65 bits per heavy atom.